The molecule has 0 radical (unpaired) electrons. The zero-order valence-corrected chi connectivity index (χ0v) is 11.0. The number of nitrogens with one attached hydrogen (secondary N) is 1. The Morgan fingerprint density at radius 1 is 1.14 bits per heavy atom. The maximum Gasteiger partial charge on any atom is 0.335 e. The quantitative estimate of drug-likeness (QED) is 0.823. The smallest absolute Gasteiger partial charge is 0.335 e. The lowest BCUT2D eigenvalue weighted by molar-refractivity contribution is 0.0695. The van der Waals surface area contributed by atoms with Crippen LogP contribution in [0.5, 0.6) is 0 Å². The predicted octanol–water partition coefficient (Wildman–Crippen LogP) is 1.89. The van der Waals surface area contributed by atoms with E-state index in [2.05, 4.69) is 10.3 Å². The third-order valence-corrected chi connectivity index (χ3v) is 2.88. The second-order valence-corrected chi connectivity index (χ2v) is 4.31. The first kappa shape index (κ1) is 14.6. The van der Waals surface area contributed by atoms with E-state index in [-0.39, 0.29) is 17.8 Å². The average molecular weight is 288 g/mol. The van der Waals surface area contributed by atoms with Gasteiger partial charge in [0.15, 0.2) is 0 Å². The number of hydrogen-bond acceptors (Lipinski definition) is 3. The molecule has 1 aromatic heterocycles. The highest BCUT2D eigenvalue weighted by Gasteiger charge is 2.10. The van der Waals surface area contributed by atoms with Gasteiger partial charge in [-0.2, -0.15) is 4.39 Å². The minimum absolute atomic E-state index is 0.0125. The van der Waals surface area contributed by atoms with Crippen LogP contribution >= 0.6 is 0 Å². The molecule has 0 spiro atoms. The number of carboxylic acids is 1. The summed E-state index contributed by atoms with van der Waals surface area (Å²) in [6.45, 7) is 0.237. The van der Waals surface area contributed by atoms with Crippen LogP contribution in [0.25, 0.3) is 0 Å². The number of benzene rings is 1. The molecule has 1 amide bonds. The molecule has 1 aromatic carbocycles. The van der Waals surface area contributed by atoms with Gasteiger partial charge >= 0.3 is 5.97 Å². The molecular weight excluding hydrogens is 275 g/mol. The fourth-order valence-corrected chi connectivity index (χ4v) is 1.88. The van der Waals surface area contributed by atoms with Gasteiger partial charge in [0.1, 0.15) is 5.69 Å². The summed E-state index contributed by atoms with van der Waals surface area (Å²) < 4.78 is 12.9. The molecule has 21 heavy (non-hydrogen) atoms. The number of nitrogens with zero attached hydrogens (tertiary/aromatic N) is 1. The standard InChI is InChI=1S/C15H13FN2O3/c16-13-7-3-6-12(18-13)14(19)17-9-8-10-4-1-2-5-11(10)15(20)21/h1-7H,8-9H2,(H,17,19)(H,20,21). The van der Waals surface area contributed by atoms with Crippen molar-refractivity contribution in [2.45, 2.75) is 6.42 Å². The predicted molar refractivity (Wildman–Crippen MR) is 73.6 cm³/mol. The Hall–Kier alpha value is -2.76. The third-order valence-electron chi connectivity index (χ3n) is 2.88. The Labute approximate surface area is 120 Å². The van der Waals surface area contributed by atoms with Crippen molar-refractivity contribution in [1.29, 1.82) is 0 Å². The van der Waals surface area contributed by atoms with E-state index in [1.54, 1.807) is 18.2 Å². The normalized spacial score (nSPS) is 10.1. The molecule has 2 aromatic rings. The first-order chi connectivity index (χ1) is 10.1. The summed E-state index contributed by atoms with van der Waals surface area (Å²) in [5.41, 5.74) is 0.814. The molecule has 108 valence electrons. The van der Waals surface area contributed by atoms with Gasteiger partial charge in [-0.25, -0.2) is 9.78 Å². The van der Waals surface area contributed by atoms with Gasteiger partial charge in [-0.15, -0.1) is 0 Å². The molecule has 0 aliphatic rings. The SMILES string of the molecule is O=C(NCCc1ccccc1C(=O)O)c1cccc(F)n1. The summed E-state index contributed by atoms with van der Waals surface area (Å²) >= 11 is 0. The highest BCUT2D eigenvalue weighted by atomic mass is 19.1. The lowest BCUT2D eigenvalue weighted by atomic mass is 10.0. The van der Waals surface area contributed by atoms with Crippen molar-refractivity contribution in [3.63, 3.8) is 0 Å². The van der Waals surface area contributed by atoms with E-state index in [4.69, 9.17) is 5.11 Å². The lowest BCUT2D eigenvalue weighted by Crippen LogP contribution is -2.27. The molecule has 0 unspecified atom stereocenters. The molecule has 2 rings (SSSR count). The fourth-order valence-electron chi connectivity index (χ4n) is 1.88. The largest absolute Gasteiger partial charge is 0.478 e. The minimum Gasteiger partial charge on any atom is -0.478 e. The van der Waals surface area contributed by atoms with Gasteiger partial charge in [-0.3, -0.25) is 4.79 Å². The van der Waals surface area contributed by atoms with E-state index in [9.17, 15) is 14.0 Å². The lowest BCUT2D eigenvalue weighted by Gasteiger charge is -2.07. The number of carboxylic acid groups (broad SMARTS) is 1. The number of halogens is 1. The minimum atomic E-state index is -1.01. The van der Waals surface area contributed by atoms with Crippen molar-refractivity contribution in [2.75, 3.05) is 6.54 Å². The summed E-state index contributed by atoms with van der Waals surface area (Å²) in [7, 11) is 0. The van der Waals surface area contributed by atoms with Gasteiger partial charge in [-0.1, -0.05) is 24.3 Å². The van der Waals surface area contributed by atoms with Crippen LogP contribution < -0.4 is 5.32 Å². The molecule has 1 heterocycles. The average Bonchev–Trinajstić information content (AvgIpc) is 2.47. The van der Waals surface area contributed by atoms with Crippen LogP contribution in [0, 0.1) is 5.95 Å². The molecule has 0 atom stereocenters. The molecule has 0 aliphatic heterocycles. The Morgan fingerprint density at radius 3 is 2.62 bits per heavy atom. The van der Waals surface area contributed by atoms with Crippen LogP contribution in [-0.4, -0.2) is 28.5 Å². The highest BCUT2D eigenvalue weighted by Crippen LogP contribution is 2.09. The van der Waals surface area contributed by atoms with Crippen molar-refractivity contribution in [1.82, 2.24) is 10.3 Å². The number of carbonyl (C=O) groups is 2. The molecule has 0 bridgehead atoms. The van der Waals surface area contributed by atoms with Gasteiger partial charge in [0.2, 0.25) is 5.95 Å². The van der Waals surface area contributed by atoms with Gasteiger partial charge < -0.3 is 10.4 Å². The molecule has 5 nitrogen and oxygen atoms in total. The van der Waals surface area contributed by atoms with E-state index in [0.29, 0.717) is 12.0 Å². The Kier molecular flexibility index (Phi) is 4.61. The van der Waals surface area contributed by atoms with Gasteiger partial charge in [0.05, 0.1) is 5.56 Å². The summed E-state index contributed by atoms with van der Waals surface area (Å²) in [5.74, 6) is -2.23. The monoisotopic (exact) mass is 288 g/mol. The van der Waals surface area contributed by atoms with Crippen molar-refractivity contribution in [3.8, 4) is 0 Å². The Bertz CT molecular complexity index is 673. The van der Waals surface area contributed by atoms with E-state index < -0.39 is 17.8 Å². The van der Waals surface area contributed by atoms with Crippen LogP contribution in [0.15, 0.2) is 42.5 Å². The van der Waals surface area contributed by atoms with Crippen LogP contribution in [0.3, 0.4) is 0 Å². The summed E-state index contributed by atoms with van der Waals surface area (Å²) in [6.07, 6.45) is 0.365. The van der Waals surface area contributed by atoms with Crippen LogP contribution in [0.2, 0.25) is 0 Å². The van der Waals surface area contributed by atoms with Crippen LogP contribution in [0.1, 0.15) is 26.4 Å². The maximum atomic E-state index is 12.9. The second kappa shape index (κ2) is 6.60. The summed E-state index contributed by atoms with van der Waals surface area (Å²) in [6, 6.07) is 10.5. The van der Waals surface area contributed by atoms with Crippen LogP contribution in [0.4, 0.5) is 4.39 Å². The summed E-state index contributed by atoms with van der Waals surface area (Å²) in [5, 5.41) is 11.6. The van der Waals surface area contributed by atoms with Gasteiger partial charge in [0.25, 0.3) is 5.91 Å². The highest BCUT2D eigenvalue weighted by molar-refractivity contribution is 5.92. The molecule has 0 aliphatic carbocycles. The molecule has 2 N–H and O–H groups in total. The molecular formula is C15H13FN2O3. The number of aromatic nitrogens is 1. The van der Waals surface area contributed by atoms with Gasteiger partial charge in [-0.05, 0) is 30.2 Å². The van der Waals surface area contributed by atoms with Crippen LogP contribution in [-0.2, 0) is 6.42 Å². The van der Waals surface area contributed by atoms with Gasteiger partial charge in [0, 0.05) is 6.54 Å². The fraction of sp³-hybridized carbons (Fsp3) is 0.133. The zero-order valence-electron chi connectivity index (χ0n) is 11.0. The number of pyridine rings is 1. The molecule has 0 saturated carbocycles. The second-order valence-electron chi connectivity index (χ2n) is 4.31. The topological polar surface area (TPSA) is 79.3 Å². The maximum absolute atomic E-state index is 12.9. The van der Waals surface area contributed by atoms with E-state index in [0.717, 1.165) is 6.07 Å². The zero-order chi connectivity index (χ0) is 15.2. The molecule has 6 heteroatoms. The summed E-state index contributed by atoms with van der Waals surface area (Å²) in [4.78, 5) is 26.3. The first-order valence-electron chi connectivity index (χ1n) is 6.30. The number of carbonyl (C=O) groups excluding carboxylic acids is 1. The van der Waals surface area contributed by atoms with E-state index in [1.165, 1.54) is 18.2 Å². The number of amides is 1. The Morgan fingerprint density at radius 2 is 1.90 bits per heavy atom. The molecule has 0 saturated heterocycles. The number of rotatable bonds is 5. The number of hydrogen-bond donors (Lipinski definition) is 2. The van der Waals surface area contributed by atoms with E-state index in [1.807, 2.05) is 0 Å². The Balaban J connectivity index is 1.96. The third kappa shape index (κ3) is 3.85. The van der Waals surface area contributed by atoms with Crippen molar-refractivity contribution < 1.29 is 19.1 Å². The van der Waals surface area contributed by atoms with Crippen molar-refractivity contribution >= 4 is 11.9 Å². The van der Waals surface area contributed by atoms with Crippen molar-refractivity contribution in [3.05, 3.63) is 65.2 Å². The van der Waals surface area contributed by atoms with Crippen molar-refractivity contribution in [2.24, 2.45) is 0 Å². The number of aromatic carboxylic acids is 1. The van der Waals surface area contributed by atoms with E-state index >= 15 is 0 Å². The molecule has 0 fully saturated rings. The first-order valence-corrected chi connectivity index (χ1v) is 6.30.